The van der Waals surface area contributed by atoms with Crippen molar-refractivity contribution in [2.24, 2.45) is 0 Å². The molecular weight excluding hydrogens is 253 g/mol. The van der Waals surface area contributed by atoms with Gasteiger partial charge in [0.25, 0.3) is 0 Å². The van der Waals surface area contributed by atoms with Crippen LogP contribution in [0.3, 0.4) is 0 Å². The van der Waals surface area contributed by atoms with E-state index in [0.29, 0.717) is 16.1 Å². The Balaban J connectivity index is 2.28. The first-order chi connectivity index (χ1) is 8.59. The molecule has 0 aliphatic heterocycles. The first-order valence-electron chi connectivity index (χ1n) is 5.46. The number of carbonyl (C=O) groups is 1. The highest BCUT2D eigenvalue weighted by molar-refractivity contribution is 6.31. The zero-order valence-electron chi connectivity index (χ0n) is 9.78. The van der Waals surface area contributed by atoms with Crippen molar-refractivity contribution < 1.29 is 9.18 Å². The number of hydrogen-bond donors (Lipinski definition) is 0. The number of Topliss-reactive ketones (excluding diaryl/α,β-unsaturated/α-hetero) is 1. The molecule has 0 aliphatic carbocycles. The van der Waals surface area contributed by atoms with E-state index < -0.39 is 5.82 Å². The van der Waals surface area contributed by atoms with Crippen LogP contribution in [-0.2, 0) is 6.42 Å². The average molecular weight is 264 g/mol. The SMILES string of the molecule is Cc1cccc(C(=O)Cc2ccncc2Cl)c1F. The Bertz CT molecular complexity index is 598. The average Bonchev–Trinajstić information content (AvgIpc) is 2.35. The monoisotopic (exact) mass is 263 g/mol. The van der Waals surface area contributed by atoms with Crippen LogP contribution in [0.4, 0.5) is 4.39 Å². The number of hydrogen-bond acceptors (Lipinski definition) is 2. The Morgan fingerprint density at radius 2 is 2.17 bits per heavy atom. The highest BCUT2D eigenvalue weighted by Crippen LogP contribution is 2.18. The maximum atomic E-state index is 13.8. The van der Waals surface area contributed by atoms with Crippen LogP contribution in [-0.4, -0.2) is 10.8 Å². The van der Waals surface area contributed by atoms with E-state index in [2.05, 4.69) is 4.98 Å². The third-order valence-corrected chi connectivity index (χ3v) is 3.04. The summed E-state index contributed by atoms with van der Waals surface area (Å²) in [6.45, 7) is 1.63. The summed E-state index contributed by atoms with van der Waals surface area (Å²) in [5.41, 5.74) is 1.21. The molecule has 0 fully saturated rings. The minimum Gasteiger partial charge on any atom is -0.294 e. The summed E-state index contributed by atoms with van der Waals surface area (Å²) in [5, 5.41) is 0.416. The van der Waals surface area contributed by atoms with Gasteiger partial charge in [0.15, 0.2) is 5.78 Å². The summed E-state index contributed by atoms with van der Waals surface area (Å²) < 4.78 is 13.8. The van der Waals surface area contributed by atoms with Gasteiger partial charge in [0.05, 0.1) is 10.6 Å². The largest absolute Gasteiger partial charge is 0.294 e. The molecule has 0 spiro atoms. The number of ketones is 1. The van der Waals surface area contributed by atoms with Gasteiger partial charge in [-0.05, 0) is 30.2 Å². The zero-order chi connectivity index (χ0) is 13.1. The van der Waals surface area contributed by atoms with Gasteiger partial charge in [0, 0.05) is 18.8 Å². The van der Waals surface area contributed by atoms with Gasteiger partial charge >= 0.3 is 0 Å². The van der Waals surface area contributed by atoms with Crippen LogP contribution in [0.2, 0.25) is 5.02 Å². The molecule has 0 saturated heterocycles. The fourth-order valence-electron chi connectivity index (χ4n) is 1.68. The van der Waals surface area contributed by atoms with Crippen molar-refractivity contribution in [3.05, 3.63) is 64.2 Å². The van der Waals surface area contributed by atoms with E-state index in [1.807, 2.05) is 0 Å². The minimum absolute atomic E-state index is 0.0712. The normalized spacial score (nSPS) is 10.4. The molecule has 92 valence electrons. The lowest BCUT2D eigenvalue weighted by Gasteiger charge is -2.06. The van der Waals surface area contributed by atoms with Crippen LogP contribution in [0.15, 0.2) is 36.7 Å². The van der Waals surface area contributed by atoms with E-state index in [0.717, 1.165) is 0 Å². The Labute approximate surface area is 109 Å². The van der Waals surface area contributed by atoms with Gasteiger partial charge in [-0.25, -0.2) is 4.39 Å². The number of pyridine rings is 1. The molecule has 1 aromatic carbocycles. The van der Waals surface area contributed by atoms with Gasteiger partial charge in [-0.15, -0.1) is 0 Å². The number of benzene rings is 1. The predicted octanol–water partition coefficient (Wildman–Crippen LogP) is 3.61. The summed E-state index contributed by atoms with van der Waals surface area (Å²) in [5.74, 6) is -0.753. The molecule has 0 amide bonds. The van der Waals surface area contributed by atoms with Crippen LogP contribution in [0.1, 0.15) is 21.5 Å². The Hall–Kier alpha value is -1.74. The molecule has 1 aromatic heterocycles. The van der Waals surface area contributed by atoms with Crippen LogP contribution in [0.5, 0.6) is 0 Å². The van der Waals surface area contributed by atoms with Gasteiger partial charge in [-0.3, -0.25) is 9.78 Å². The molecule has 0 bridgehead atoms. The third-order valence-electron chi connectivity index (χ3n) is 2.70. The second-order valence-electron chi connectivity index (χ2n) is 4.00. The van der Waals surface area contributed by atoms with Crippen molar-refractivity contribution in [1.82, 2.24) is 4.98 Å². The van der Waals surface area contributed by atoms with E-state index in [9.17, 15) is 9.18 Å². The minimum atomic E-state index is -0.465. The quantitative estimate of drug-likeness (QED) is 0.792. The molecule has 2 rings (SSSR count). The molecule has 0 radical (unpaired) electrons. The predicted molar refractivity (Wildman–Crippen MR) is 68.4 cm³/mol. The lowest BCUT2D eigenvalue weighted by molar-refractivity contribution is 0.0989. The third kappa shape index (κ3) is 2.57. The maximum absolute atomic E-state index is 13.8. The maximum Gasteiger partial charge on any atom is 0.170 e. The van der Waals surface area contributed by atoms with E-state index >= 15 is 0 Å². The van der Waals surface area contributed by atoms with Gasteiger partial charge in [-0.2, -0.15) is 0 Å². The number of carbonyl (C=O) groups excluding carboxylic acids is 1. The molecule has 0 unspecified atom stereocenters. The van der Waals surface area contributed by atoms with Crippen molar-refractivity contribution in [3.8, 4) is 0 Å². The van der Waals surface area contributed by atoms with E-state index in [1.54, 1.807) is 31.3 Å². The molecule has 0 aliphatic rings. The first kappa shape index (κ1) is 12.7. The van der Waals surface area contributed by atoms with Crippen LogP contribution in [0.25, 0.3) is 0 Å². The molecule has 0 N–H and O–H groups in total. The van der Waals surface area contributed by atoms with Gasteiger partial charge in [0.1, 0.15) is 5.82 Å². The number of aromatic nitrogens is 1. The van der Waals surface area contributed by atoms with Crippen LogP contribution >= 0.6 is 11.6 Å². The molecule has 2 nitrogen and oxygen atoms in total. The summed E-state index contributed by atoms with van der Waals surface area (Å²) in [6.07, 6.45) is 3.10. The molecule has 1 heterocycles. The van der Waals surface area contributed by atoms with Crippen molar-refractivity contribution >= 4 is 17.4 Å². The zero-order valence-corrected chi connectivity index (χ0v) is 10.5. The standard InChI is InChI=1S/C14H11ClFNO/c1-9-3-2-4-11(14(9)16)13(18)7-10-5-6-17-8-12(10)15/h2-6,8H,7H2,1H3. The van der Waals surface area contributed by atoms with Crippen molar-refractivity contribution in [3.63, 3.8) is 0 Å². The number of rotatable bonds is 3. The Kier molecular flexibility index (Phi) is 3.72. The van der Waals surface area contributed by atoms with Gasteiger partial charge in [-0.1, -0.05) is 23.7 Å². The fourth-order valence-corrected chi connectivity index (χ4v) is 1.86. The van der Waals surface area contributed by atoms with Crippen LogP contribution < -0.4 is 0 Å². The molecule has 0 atom stereocenters. The van der Waals surface area contributed by atoms with Crippen molar-refractivity contribution in [1.29, 1.82) is 0 Å². The first-order valence-corrected chi connectivity index (χ1v) is 5.84. The number of halogens is 2. The number of aryl methyl sites for hydroxylation is 1. The second kappa shape index (κ2) is 5.27. The summed E-state index contributed by atoms with van der Waals surface area (Å²) >= 11 is 5.92. The Morgan fingerprint density at radius 1 is 1.39 bits per heavy atom. The van der Waals surface area contributed by atoms with Crippen molar-refractivity contribution in [2.75, 3.05) is 0 Å². The summed E-state index contributed by atoms with van der Waals surface area (Å²) in [7, 11) is 0. The second-order valence-corrected chi connectivity index (χ2v) is 4.41. The topological polar surface area (TPSA) is 30.0 Å². The summed E-state index contributed by atoms with van der Waals surface area (Å²) in [6, 6.07) is 6.44. The smallest absolute Gasteiger partial charge is 0.170 e. The molecule has 4 heteroatoms. The lowest BCUT2D eigenvalue weighted by atomic mass is 10.0. The summed E-state index contributed by atoms with van der Waals surface area (Å²) in [4.78, 5) is 15.9. The van der Waals surface area contributed by atoms with E-state index in [-0.39, 0.29) is 17.8 Å². The molecule has 0 saturated carbocycles. The molecular formula is C14H11ClFNO. The van der Waals surface area contributed by atoms with Gasteiger partial charge in [0.2, 0.25) is 0 Å². The van der Waals surface area contributed by atoms with Crippen molar-refractivity contribution in [2.45, 2.75) is 13.3 Å². The Morgan fingerprint density at radius 3 is 2.89 bits per heavy atom. The molecule has 2 aromatic rings. The van der Waals surface area contributed by atoms with Crippen LogP contribution in [0, 0.1) is 12.7 Å². The van der Waals surface area contributed by atoms with E-state index in [4.69, 9.17) is 11.6 Å². The fraction of sp³-hybridized carbons (Fsp3) is 0.143. The highest BCUT2D eigenvalue weighted by Gasteiger charge is 2.14. The molecule has 18 heavy (non-hydrogen) atoms. The van der Waals surface area contributed by atoms with E-state index in [1.165, 1.54) is 12.3 Å². The highest BCUT2D eigenvalue weighted by atomic mass is 35.5. The lowest BCUT2D eigenvalue weighted by Crippen LogP contribution is -2.07. The van der Waals surface area contributed by atoms with Gasteiger partial charge < -0.3 is 0 Å². The number of nitrogens with zero attached hydrogens (tertiary/aromatic N) is 1.